The molecule has 0 amide bonds. The maximum Gasteiger partial charge on any atom is 0.159 e. The number of aliphatic hydroxyl groups excluding tert-OH is 1. The normalized spacial score (nSPS) is 40.9. The van der Waals surface area contributed by atoms with Gasteiger partial charge < -0.3 is 9.84 Å². The number of rotatable bonds is 4. The summed E-state index contributed by atoms with van der Waals surface area (Å²) in [6.45, 7) is 4.88. The second-order valence-electron chi connectivity index (χ2n) is 11.3. The van der Waals surface area contributed by atoms with E-state index in [1.54, 1.807) is 7.11 Å². The van der Waals surface area contributed by atoms with Crippen molar-refractivity contribution in [2.75, 3.05) is 7.11 Å². The van der Waals surface area contributed by atoms with Gasteiger partial charge in [-0.25, -0.2) is 0 Å². The number of benzene rings is 1. The second-order valence-corrected chi connectivity index (χ2v) is 11.3. The molecule has 4 aliphatic rings. The van der Waals surface area contributed by atoms with Crippen LogP contribution in [0.4, 0.5) is 0 Å². The van der Waals surface area contributed by atoms with Crippen molar-refractivity contribution in [3.8, 4) is 5.75 Å². The van der Waals surface area contributed by atoms with E-state index in [9.17, 15) is 9.90 Å². The molecule has 0 spiro atoms. The lowest BCUT2D eigenvalue weighted by molar-refractivity contribution is -0.124. The minimum absolute atomic E-state index is 0.110. The molecule has 0 heterocycles. The zero-order valence-electron chi connectivity index (χ0n) is 19.8. The van der Waals surface area contributed by atoms with Gasteiger partial charge in [0.2, 0.25) is 0 Å². The summed E-state index contributed by atoms with van der Waals surface area (Å²) in [4.78, 5) is 13.4. The predicted molar refractivity (Wildman–Crippen MR) is 128 cm³/mol. The Hall–Kier alpha value is -1.87. The molecule has 4 aliphatic carbocycles. The fraction of sp³-hybridized carbons (Fsp3) is 0.621. The molecule has 3 nitrogen and oxygen atoms in total. The molecule has 1 aromatic carbocycles. The minimum Gasteiger partial charge on any atom is -0.496 e. The zero-order valence-corrected chi connectivity index (χ0v) is 19.8. The Morgan fingerprint density at radius 2 is 1.91 bits per heavy atom. The quantitative estimate of drug-likeness (QED) is 0.452. The van der Waals surface area contributed by atoms with Crippen LogP contribution in [0, 0.1) is 34.5 Å². The lowest BCUT2D eigenvalue weighted by Crippen LogP contribution is -2.50. The van der Waals surface area contributed by atoms with Crippen molar-refractivity contribution < 1.29 is 14.6 Å². The molecule has 5 rings (SSSR count). The Bertz CT molecular complexity index is 945. The van der Waals surface area contributed by atoms with Crippen LogP contribution in [-0.2, 0) is 4.79 Å². The summed E-state index contributed by atoms with van der Waals surface area (Å²) in [5.41, 5.74) is 2.85. The van der Waals surface area contributed by atoms with Gasteiger partial charge in [0.25, 0.3) is 0 Å². The summed E-state index contributed by atoms with van der Waals surface area (Å²) in [7, 11) is 1.67. The van der Waals surface area contributed by atoms with Crippen molar-refractivity contribution in [2.45, 2.75) is 71.3 Å². The smallest absolute Gasteiger partial charge is 0.159 e. The standard InChI is InChI=1S/C29H38O3/c1-28-16-14-21(30)18-20(28)9-10-22-23-11-12-25(29(23,2)17-15-24(22)28)26(31)13-8-19-6-4-5-7-27(19)32-3/h4-9,13,21-25,30H,10-12,14-18H2,1-3H3/b13-8+/t21-,22-,23-,24-,25+,28-,29-/m0/s1. The summed E-state index contributed by atoms with van der Waals surface area (Å²) in [5, 5.41) is 10.2. The van der Waals surface area contributed by atoms with Crippen LogP contribution in [0.2, 0.25) is 0 Å². The number of para-hydroxylation sites is 1. The summed E-state index contributed by atoms with van der Waals surface area (Å²) >= 11 is 0. The number of allylic oxidation sites excluding steroid dienone is 2. The molecule has 7 atom stereocenters. The van der Waals surface area contributed by atoms with Gasteiger partial charge in [-0.1, -0.05) is 43.7 Å². The number of hydrogen-bond acceptors (Lipinski definition) is 3. The molecule has 0 unspecified atom stereocenters. The molecule has 3 fully saturated rings. The maximum atomic E-state index is 13.4. The van der Waals surface area contributed by atoms with E-state index in [-0.39, 0.29) is 22.9 Å². The number of hydrogen-bond donors (Lipinski definition) is 1. The third-order valence-electron chi connectivity index (χ3n) is 9.99. The van der Waals surface area contributed by atoms with E-state index >= 15 is 0 Å². The summed E-state index contributed by atoms with van der Waals surface area (Å²) in [6, 6.07) is 7.88. The highest BCUT2D eigenvalue weighted by molar-refractivity contribution is 5.96. The molecule has 0 aromatic heterocycles. The number of ketones is 1. The highest BCUT2D eigenvalue weighted by atomic mass is 16.5. The number of carbonyl (C=O) groups excluding carboxylic acids is 1. The molecule has 1 aromatic rings. The molecule has 3 heteroatoms. The first-order valence-corrected chi connectivity index (χ1v) is 12.6. The average Bonchev–Trinajstić information content (AvgIpc) is 3.15. The minimum atomic E-state index is -0.150. The lowest BCUT2D eigenvalue weighted by atomic mass is 9.47. The molecule has 3 saturated carbocycles. The largest absolute Gasteiger partial charge is 0.496 e. The van der Waals surface area contributed by atoms with Gasteiger partial charge in [0.05, 0.1) is 13.2 Å². The van der Waals surface area contributed by atoms with Gasteiger partial charge in [0, 0.05) is 11.5 Å². The maximum absolute atomic E-state index is 13.4. The van der Waals surface area contributed by atoms with E-state index in [4.69, 9.17) is 4.74 Å². The summed E-state index contributed by atoms with van der Waals surface area (Å²) in [6.07, 6.45) is 14.7. The Labute approximate surface area is 192 Å². The molecular weight excluding hydrogens is 396 g/mol. The van der Waals surface area contributed by atoms with Gasteiger partial charge >= 0.3 is 0 Å². The van der Waals surface area contributed by atoms with Crippen LogP contribution in [0.25, 0.3) is 6.08 Å². The van der Waals surface area contributed by atoms with Crippen molar-refractivity contribution in [1.82, 2.24) is 0 Å². The first kappa shape index (κ1) is 21.9. The van der Waals surface area contributed by atoms with Gasteiger partial charge in [-0.05, 0) is 98.2 Å². The van der Waals surface area contributed by atoms with Crippen molar-refractivity contribution >= 4 is 11.9 Å². The molecule has 32 heavy (non-hydrogen) atoms. The lowest BCUT2D eigenvalue weighted by Gasteiger charge is -2.57. The van der Waals surface area contributed by atoms with E-state index in [0.29, 0.717) is 23.5 Å². The third kappa shape index (κ3) is 3.39. The average molecular weight is 435 g/mol. The number of ether oxygens (including phenoxy) is 1. The van der Waals surface area contributed by atoms with Gasteiger partial charge in [0.15, 0.2) is 5.78 Å². The SMILES string of the molecule is COc1ccccc1/C=C/C(=O)[C@H]1CC[C@H]2[C@@H]3CC=C4C[C@@H](O)CC[C@]4(C)[C@H]3CC[C@]12C. The van der Waals surface area contributed by atoms with Gasteiger partial charge in [-0.2, -0.15) is 0 Å². The molecule has 0 radical (unpaired) electrons. The van der Waals surface area contributed by atoms with E-state index in [1.165, 1.54) is 18.4 Å². The summed E-state index contributed by atoms with van der Waals surface area (Å²) < 4.78 is 5.44. The number of methoxy groups -OCH3 is 1. The third-order valence-corrected chi connectivity index (χ3v) is 9.99. The zero-order chi connectivity index (χ0) is 22.5. The van der Waals surface area contributed by atoms with E-state index in [0.717, 1.165) is 49.8 Å². The topological polar surface area (TPSA) is 46.5 Å². The second kappa shape index (κ2) is 8.17. The highest BCUT2D eigenvalue weighted by Crippen LogP contribution is 2.66. The monoisotopic (exact) mass is 434 g/mol. The number of aliphatic hydroxyl groups is 1. The molecule has 0 aliphatic heterocycles. The highest BCUT2D eigenvalue weighted by Gasteiger charge is 2.59. The summed E-state index contributed by atoms with van der Waals surface area (Å²) in [5.74, 6) is 3.27. The van der Waals surface area contributed by atoms with Crippen molar-refractivity contribution in [3.05, 3.63) is 47.6 Å². The first-order chi connectivity index (χ1) is 15.4. The van der Waals surface area contributed by atoms with E-state index in [1.807, 2.05) is 36.4 Å². The number of carbonyl (C=O) groups is 1. The molecular formula is C29H38O3. The van der Waals surface area contributed by atoms with Crippen LogP contribution in [0.3, 0.4) is 0 Å². The van der Waals surface area contributed by atoms with Gasteiger partial charge in [-0.15, -0.1) is 0 Å². The van der Waals surface area contributed by atoms with E-state index < -0.39 is 0 Å². The Morgan fingerprint density at radius 1 is 1.09 bits per heavy atom. The molecule has 1 N–H and O–H groups in total. The van der Waals surface area contributed by atoms with Crippen molar-refractivity contribution in [2.24, 2.45) is 34.5 Å². The van der Waals surface area contributed by atoms with Crippen LogP contribution < -0.4 is 4.74 Å². The first-order valence-electron chi connectivity index (χ1n) is 12.6. The van der Waals surface area contributed by atoms with Gasteiger partial charge in [-0.3, -0.25) is 4.79 Å². The Morgan fingerprint density at radius 3 is 2.72 bits per heavy atom. The van der Waals surface area contributed by atoms with Gasteiger partial charge in [0.1, 0.15) is 5.75 Å². The van der Waals surface area contributed by atoms with Crippen LogP contribution in [0.5, 0.6) is 5.75 Å². The molecule has 0 saturated heterocycles. The molecule has 0 bridgehead atoms. The van der Waals surface area contributed by atoms with Crippen LogP contribution in [-0.4, -0.2) is 24.1 Å². The Balaban J connectivity index is 1.36. The number of fused-ring (bicyclic) bond motifs is 5. The van der Waals surface area contributed by atoms with Crippen LogP contribution in [0.1, 0.15) is 70.8 Å². The van der Waals surface area contributed by atoms with Crippen LogP contribution >= 0.6 is 0 Å². The van der Waals surface area contributed by atoms with Crippen molar-refractivity contribution in [3.63, 3.8) is 0 Å². The fourth-order valence-electron chi connectivity index (χ4n) is 8.20. The predicted octanol–water partition coefficient (Wildman–Crippen LogP) is 6.22. The van der Waals surface area contributed by atoms with Crippen LogP contribution in [0.15, 0.2) is 42.0 Å². The molecule has 172 valence electrons. The van der Waals surface area contributed by atoms with Crippen molar-refractivity contribution in [1.29, 1.82) is 0 Å². The Kier molecular flexibility index (Phi) is 5.60. The fourth-order valence-corrected chi connectivity index (χ4v) is 8.20. The van der Waals surface area contributed by atoms with E-state index in [2.05, 4.69) is 19.9 Å².